The minimum Gasteiger partial charge on any atom is -0.366 e. The average molecular weight is 351 g/mol. The lowest BCUT2D eigenvalue weighted by atomic mass is 9.89. The maximum absolute atomic E-state index is 12.2. The number of carbonyl (C=O) groups excluding carboxylic acids is 2. The van der Waals surface area contributed by atoms with E-state index in [2.05, 4.69) is 28.8 Å². The van der Waals surface area contributed by atoms with E-state index in [-0.39, 0.29) is 12.1 Å². The Labute approximate surface area is 154 Å². The first kappa shape index (κ1) is 18.0. The van der Waals surface area contributed by atoms with Gasteiger partial charge in [0.1, 0.15) is 0 Å². The minimum absolute atomic E-state index is 0.0702. The van der Waals surface area contributed by atoms with Crippen molar-refractivity contribution >= 4 is 11.9 Å². The molecule has 1 aliphatic rings. The van der Waals surface area contributed by atoms with E-state index in [9.17, 15) is 9.59 Å². The van der Waals surface area contributed by atoms with Crippen molar-refractivity contribution in [1.29, 1.82) is 0 Å². The first-order valence-electron chi connectivity index (χ1n) is 9.08. The molecule has 3 amide bonds. The predicted octanol–water partition coefficient (Wildman–Crippen LogP) is 3.22. The van der Waals surface area contributed by atoms with Crippen molar-refractivity contribution in [1.82, 2.24) is 10.6 Å². The number of carbonyl (C=O) groups is 2. The predicted molar refractivity (Wildman–Crippen MR) is 102 cm³/mol. The molecule has 26 heavy (non-hydrogen) atoms. The molecular formula is C21H25N3O2. The molecule has 0 bridgehead atoms. The molecule has 2 aromatic rings. The van der Waals surface area contributed by atoms with Gasteiger partial charge < -0.3 is 16.4 Å². The summed E-state index contributed by atoms with van der Waals surface area (Å²) in [5.74, 6) is -0.475. The number of aryl methyl sites for hydroxylation is 2. The van der Waals surface area contributed by atoms with Crippen molar-refractivity contribution < 1.29 is 9.59 Å². The monoisotopic (exact) mass is 351 g/mol. The van der Waals surface area contributed by atoms with Gasteiger partial charge in [-0.3, -0.25) is 4.79 Å². The summed E-state index contributed by atoms with van der Waals surface area (Å²) in [5.41, 5.74) is 10.5. The standard InChI is InChI=1S/C21H25N3O2/c1-14(17-10-9-16-6-2-3-7-18(16)12-17)24-21(26)23-13-15-5-4-8-19(11-15)20(22)25/h4-5,8-12,14H,2-3,6-7,13H2,1H3,(H2,22,25)(H2,23,24,26). The number of hydrogen-bond donors (Lipinski definition) is 3. The number of amides is 3. The third-order valence-corrected chi connectivity index (χ3v) is 4.88. The Bertz CT molecular complexity index is 817. The molecular weight excluding hydrogens is 326 g/mol. The number of fused-ring (bicyclic) bond motifs is 1. The molecule has 5 heteroatoms. The lowest BCUT2D eigenvalue weighted by molar-refractivity contribution is 0.1000. The van der Waals surface area contributed by atoms with E-state index in [0.29, 0.717) is 12.1 Å². The summed E-state index contributed by atoms with van der Waals surface area (Å²) in [6.45, 7) is 2.32. The van der Waals surface area contributed by atoms with E-state index in [1.807, 2.05) is 13.0 Å². The number of primary amides is 1. The molecule has 0 aromatic heterocycles. The van der Waals surface area contributed by atoms with E-state index in [4.69, 9.17) is 5.73 Å². The van der Waals surface area contributed by atoms with Gasteiger partial charge in [-0.2, -0.15) is 0 Å². The molecule has 1 unspecified atom stereocenters. The van der Waals surface area contributed by atoms with Gasteiger partial charge in [-0.05, 0) is 67.0 Å². The van der Waals surface area contributed by atoms with Gasteiger partial charge in [-0.15, -0.1) is 0 Å². The first-order valence-corrected chi connectivity index (χ1v) is 9.08. The third-order valence-electron chi connectivity index (χ3n) is 4.88. The second-order valence-corrected chi connectivity index (χ2v) is 6.85. The second kappa shape index (κ2) is 8.04. The smallest absolute Gasteiger partial charge is 0.315 e. The summed E-state index contributed by atoms with van der Waals surface area (Å²) in [7, 11) is 0. The summed E-state index contributed by atoms with van der Waals surface area (Å²) < 4.78 is 0. The zero-order chi connectivity index (χ0) is 18.5. The Morgan fingerprint density at radius 2 is 1.85 bits per heavy atom. The molecule has 5 nitrogen and oxygen atoms in total. The molecule has 0 heterocycles. The van der Waals surface area contributed by atoms with Gasteiger partial charge in [-0.25, -0.2) is 4.79 Å². The van der Waals surface area contributed by atoms with Gasteiger partial charge in [0.25, 0.3) is 0 Å². The highest BCUT2D eigenvalue weighted by molar-refractivity contribution is 5.92. The molecule has 0 spiro atoms. The number of nitrogens with one attached hydrogen (secondary N) is 2. The fourth-order valence-corrected chi connectivity index (χ4v) is 3.37. The molecule has 0 fully saturated rings. The van der Waals surface area contributed by atoms with Crippen LogP contribution in [-0.4, -0.2) is 11.9 Å². The molecule has 1 atom stereocenters. The molecule has 0 radical (unpaired) electrons. The Morgan fingerprint density at radius 1 is 1.08 bits per heavy atom. The summed E-state index contributed by atoms with van der Waals surface area (Å²) >= 11 is 0. The number of nitrogens with two attached hydrogens (primary N) is 1. The van der Waals surface area contributed by atoms with Crippen LogP contribution in [0.5, 0.6) is 0 Å². The van der Waals surface area contributed by atoms with Crippen LogP contribution in [0.25, 0.3) is 0 Å². The average Bonchev–Trinajstić information content (AvgIpc) is 2.66. The largest absolute Gasteiger partial charge is 0.366 e. The van der Waals surface area contributed by atoms with Gasteiger partial charge in [0.15, 0.2) is 0 Å². The van der Waals surface area contributed by atoms with Crippen LogP contribution in [0.4, 0.5) is 4.79 Å². The Kier molecular flexibility index (Phi) is 5.56. The quantitative estimate of drug-likeness (QED) is 0.773. The maximum atomic E-state index is 12.2. The van der Waals surface area contributed by atoms with Crippen molar-refractivity contribution in [3.05, 3.63) is 70.3 Å². The van der Waals surface area contributed by atoms with E-state index < -0.39 is 5.91 Å². The third kappa shape index (κ3) is 4.42. The molecule has 0 saturated carbocycles. The van der Waals surface area contributed by atoms with Crippen LogP contribution >= 0.6 is 0 Å². The van der Waals surface area contributed by atoms with Crippen LogP contribution < -0.4 is 16.4 Å². The van der Waals surface area contributed by atoms with E-state index in [1.54, 1.807) is 18.2 Å². The minimum atomic E-state index is -0.475. The molecule has 136 valence electrons. The van der Waals surface area contributed by atoms with Crippen molar-refractivity contribution in [3.63, 3.8) is 0 Å². The number of urea groups is 1. The fraction of sp³-hybridized carbons (Fsp3) is 0.333. The van der Waals surface area contributed by atoms with Crippen molar-refractivity contribution in [3.8, 4) is 0 Å². The van der Waals surface area contributed by atoms with Crippen molar-refractivity contribution in [2.45, 2.75) is 45.2 Å². The number of hydrogen-bond acceptors (Lipinski definition) is 2. The van der Waals surface area contributed by atoms with Crippen LogP contribution in [0.3, 0.4) is 0 Å². The van der Waals surface area contributed by atoms with Crippen LogP contribution in [0.15, 0.2) is 42.5 Å². The second-order valence-electron chi connectivity index (χ2n) is 6.85. The highest BCUT2D eigenvalue weighted by Crippen LogP contribution is 2.24. The lowest BCUT2D eigenvalue weighted by Crippen LogP contribution is -2.36. The normalized spacial score (nSPS) is 14.2. The zero-order valence-corrected chi connectivity index (χ0v) is 15.0. The van der Waals surface area contributed by atoms with Gasteiger partial charge in [0.05, 0.1) is 6.04 Å². The Balaban J connectivity index is 1.56. The molecule has 1 aliphatic carbocycles. The van der Waals surface area contributed by atoms with Crippen LogP contribution in [0.1, 0.15) is 58.4 Å². The molecule has 4 N–H and O–H groups in total. The van der Waals surface area contributed by atoms with E-state index >= 15 is 0 Å². The van der Waals surface area contributed by atoms with Crippen molar-refractivity contribution in [2.24, 2.45) is 5.73 Å². The van der Waals surface area contributed by atoms with Crippen LogP contribution in [0, 0.1) is 0 Å². The molecule has 3 rings (SSSR count). The van der Waals surface area contributed by atoms with E-state index in [1.165, 1.54) is 24.0 Å². The molecule has 0 saturated heterocycles. The van der Waals surface area contributed by atoms with Gasteiger partial charge in [0.2, 0.25) is 5.91 Å². The summed E-state index contributed by atoms with van der Waals surface area (Å²) in [4.78, 5) is 23.4. The zero-order valence-electron chi connectivity index (χ0n) is 15.0. The van der Waals surface area contributed by atoms with Crippen LogP contribution in [-0.2, 0) is 19.4 Å². The van der Waals surface area contributed by atoms with Gasteiger partial charge in [0, 0.05) is 12.1 Å². The summed E-state index contributed by atoms with van der Waals surface area (Å²) in [6.07, 6.45) is 4.78. The SMILES string of the molecule is CC(NC(=O)NCc1cccc(C(N)=O)c1)c1ccc2c(c1)CCCC2. The first-order chi connectivity index (χ1) is 12.5. The fourth-order valence-electron chi connectivity index (χ4n) is 3.37. The molecule has 2 aromatic carbocycles. The van der Waals surface area contributed by atoms with Gasteiger partial charge >= 0.3 is 6.03 Å². The number of rotatable bonds is 5. The van der Waals surface area contributed by atoms with Gasteiger partial charge in [-0.1, -0.05) is 30.3 Å². The molecule has 0 aliphatic heterocycles. The Morgan fingerprint density at radius 3 is 2.62 bits per heavy atom. The topological polar surface area (TPSA) is 84.2 Å². The lowest BCUT2D eigenvalue weighted by Gasteiger charge is -2.20. The highest BCUT2D eigenvalue weighted by Gasteiger charge is 2.14. The Hall–Kier alpha value is -2.82. The number of benzene rings is 2. The van der Waals surface area contributed by atoms with Crippen molar-refractivity contribution in [2.75, 3.05) is 0 Å². The highest BCUT2D eigenvalue weighted by atomic mass is 16.2. The van der Waals surface area contributed by atoms with Crippen LogP contribution in [0.2, 0.25) is 0 Å². The van der Waals surface area contributed by atoms with E-state index in [0.717, 1.165) is 24.0 Å². The maximum Gasteiger partial charge on any atom is 0.315 e. The summed E-state index contributed by atoms with van der Waals surface area (Å²) in [5, 5.41) is 5.79. The summed E-state index contributed by atoms with van der Waals surface area (Å²) in [6, 6.07) is 13.2.